The minimum atomic E-state index is -0.608. The predicted molar refractivity (Wildman–Crippen MR) is 68.0 cm³/mol. The largest absolute Gasteiger partial charge is 0.383 e. The molecule has 0 amide bonds. The van der Waals surface area contributed by atoms with Crippen molar-refractivity contribution in [1.29, 1.82) is 0 Å². The summed E-state index contributed by atoms with van der Waals surface area (Å²) in [6, 6.07) is 0. The Morgan fingerprint density at radius 2 is 2.12 bits per heavy atom. The maximum atomic E-state index is 11.9. The van der Waals surface area contributed by atoms with Gasteiger partial charge < -0.3 is 15.5 Å². The fraction of sp³-hybridized carbons (Fsp3) is 0.667. The van der Waals surface area contributed by atoms with E-state index in [0.29, 0.717) is 17.8 Å². The molecule has 0 fully saturated rings. The number of anilines is 1. The molecule has 0 bridgehead atoms. The SMILES string of the molecule is CCC(C)(OC)c1nc(N)c(C(C)C)c(=O)[nH]1. The summed E-state index contributed by atoms with van der Waals surface area (Å²) in [4.78, 5) is 19.0. The smallest absolute Gasteiger partial charge is 0.256 e. The average Bonchev–Trinajstić information content (AvgIpc) is 2.26. The van der Waals surface area contributed by atoms with E-state index in [-0.39, 0.29) is 17.3 Å². The molecule has 0 spiro atoms. The number of nitrogens with two attached hydrogens (primary N) is 1. The van der Waals surface area contributed by atoms with Crippen molar-refractivity contribution in [2.75, 3.05) is 12.8 Å². The summed E-state index contributed by atoms with van der Waals surface area (Å²) in [5.74, 6) is 0.820. The fourth-order valence-corrected chi connectivity index (χ4v) is 1.72. The number of nitrogen functional groups attached to an aromatic ring is 1. The molecule has 0 aliphatic carbocycles. The van der Waals surface area contributed by atoms with Gasteiger partial charge in [-0.25, -0.2) is 4.98 Å². The van der Waals surface area contributed by atoms with Crippen LogP contribution in [0, 0.1) is 0 Å². The lowest BCUT2D eigenvalue weighted by Crippen LogP contribution is -2.31. The van der Waals surface area contributed by atoms with Crippen LogP contribution >= 0.6 is 0 Å². The van der Waals surface area contributed by atoms with Gasteiger partial charge in [0, 0.05) is 7.11 Å². The minimum Gasteiger partial charge on any atom is -0.383 e. The molecule has 0 saturated heterocycles. The number of H-pyrrole nitrogens is 1. The fourth-order valence-electron chi connectivity index (χ4n) is 1.72. The van der Waals surface area contributed by atoms with Gasteiger partial charge in [-0.05, 0) is 19.3 Å². The summed E-state index contributed by atoms with van der Waals surface area (Å²) in [7, 11) is 1.59. The Morgan fingerprint density at radius 3 is 2.47 bits per heavy atom. The monoisotopic (exact) mass is 239 g/mol. The van der Waals surface area contributed by atoms with Crippen molar-refractivity contribution in [3.05, 3.63) is 21.7 Å². The molecule has 0 aromatic carbocycles. The lowest BCUT2D eigenvalue weighted by Gasteiger charge is -2.26. The van der Waals surface area contributed by atoms with E-state index in [0.717, 1.165) is 0 Å². The maximum absolute atomic E-state index is 11.9. The van der Waals surface area contributed by atoms with Crippen molar-refractivity contribution in [2.24, 2.45) is 0 Å². The van der Waals surface area contributed by atoms with Crippen molar-refractivity contribution in [3.63, 3.8) is 0 Å². The lowest BCUT2D eigenvalue weighted by molar-refractivity contribution is -0.00909. The first kappa shape index (κ1) is 13.7. The number of ether oxygens (including phenoxy) is 1. The van der Waals surface area contributed by atoms with Gasteiger partial charge >= 0.3 is 0 Å². The first-order valence-corrected chi connectivity index (χ1v) is 5.81. The number of methoxy groups -OCH3 is 1. The molecule has 1 aromatic heterocycles. The molecule has 96 valence electrons. The molecule has 1 rings (SSSR count). The van der Waals surface area contributed by atoms with E-state index in [1.807, 2.05) is 27.7 Å². The third-order valence-corrected chi connectivity index (χ3v) is 3.19. The topological polar surface area (TPSA) is 81.0 Å². The Kier molecular flexibility index (Phi) is 3.93. The van der Waals surface area contributed by atoms with Crippen molar-refractivity contribution >= 4 is 5.82 Å². The molecule has 5 nitrogen and oxygen atoms in total. The molecule has 1 heterocycles. The Labute approximate surface area is 101 Å². The summed E-state index contributed by atoms with van der Waals surface area (Å²) in [6.45, 7) is 7.67. The van der Waals surface area contributed by atoms with Crippen LogP contribution in [-0.2, 0) is 10.3 Å². The zero-order valence-corrected chi connectivity index (χ0v) is 11.1. The molecule has 1 unspecified atom stereocenters. The normalized spacial score (nSPS) is 14.9. The second-order valence-corrected chi connectivity index (χ2v) is 4.66. The molecule has 1 aromatic rings. The highest BCUT2D eigenvalue weighted by Gasteiger charge is 2.28. The number of aromatic amines is 1. The van der Waals surface area contributed by atoms with Crippen LogP contribution in [0.5, 0.6) is 0 Å². The Balaban J connectivity index is 3.38. The van der Waals surface area contributed by atoms with Crippen molar-refractivity contribution in [2.45, 2.75) is 45.6 Å². The Morgan fingerprint density at radius 1 is 1.53 bits per heavy atom. The number of nitrogens with zero attached hydrogens (tertiary/aromatic N) is 1. The molecule has 1 atom stereocenters. The summed E-state index contributed by atoms with van der Waals surface area (Å²) in [5.41, 5.74) is 5.58. The van der Waals surface area contributed by atoms with Crippen LogP contribution in [0.3, 0.4) is 0 Å². The van der Waals surface area contributed by atoms with Crippen LogP contribution in [0.2, 0.25) is 0 Å². The number of nitrogens with one attached hydrogen (secondary N) is 1. The van der Waals surface area contributed by atoms with Gasteiger partial charge in [-0.1, -0.05) is 20.8 Å². The van der Waals surface area contributed by atoms with Gasteiger partial charge in [0.15, 0.2) is 0 Å². The molecule has 0 aliphatic heterocycles. The Bertz CT molecular complexity index is 448. The number of hydrogen-bond donors (Lipinski definition) is 2. The minimum absolute atomic E-state index is 0.0516. The molecule has 5 heteroatoms. The van der Waals surface area contributed by atoms with E-state index < -0.39 is 5.60 Å². The molecular weight excluding hydrogens is 218 g/mol. The first-order valence-electron chi connectivity index (χ1n) is 5.81. The van der Waals surface area contributed by atoms with Gasteiger partial charge in [-0.3, -0.25) is 4.79 Å². The summed E-state index contributed by atoms with van der Waals surface area (Å²) in [5, 5.41) is 0. The molecule has 17 heavy (non-hydrogen) atoms. The van der Waals surface area contributed by atoms with E-state index in [9.17, 15) is 4.79 Å². The number of rotatable bonds is 4. The highest BCUT2D eigenvalue weighted by molar-refractivity contribution is 5.40. The highest BCUT2D eigenvalue weighted by atomic mass is 16.5. The van der Waals surface area contributed by atoms with Crippen LogP contribution in [0.4, 0.5) is 5.82 Å². The molecule has 0 aliphatic rings. The van der Waals surface area contributed by atoms with Gasteiger partial charge in [0.1, 0.15) is 17.2 Å². The molecule has 0 saturated carbocycles. The van der Waals surface area contributed by atoms with Crippen molar-refractivity contribution in [1.82, 2.24) is 9.97 Å². The van der Waals surface area contributed by atoms with Crippen molar-refractivity contribution in [3.8, 4) is 0 Å². The van der Waals surface area contributed by atoms with E-state index >= 15 is 0 Å². The second kappa shape index (κ2) is 4.87. The Hall–Kier alpha value is -1.36. The molecular formula is C12H21N3O2. The van der Waals surface area contributed by atoms with Gasteiger partial charge in [-0.2, -0.15) is 0 Å². The van der Waals surface area contributed by atoms with Crippen LogP contribution in [0.1, 0.15) is 51.4 Å². The quantitative estimate of drug-likeness (QED) is 0.838. The zero-order chi connectivity index (χ0) is 13.2. The van der Waals surface area contributed by atoms with Crippen LogP contribution in [0.25, 0.3) is 0 Å². The third-order valence-electron chi connectivity index (χ3n) is 3.19. The second-order valence-electron chi connectivity index (χ2n) is 4.66. The first-order chi connectivity index (χ1) is 7.85. The summed E-state index contributed by atoms with van der Waals surface area (Å²) < 4.78 is 5.40. The number of hydrogen-bond acceptors (Lipinski definition) is 4. The van der Waals surface area contributed by atoms with Crippen molar-refractivity contribution < 1.29 is 4.74 Å². The highest BCUT2D eigenvalue weighted by Crippen LogP contribution is 2.26. The predicted octanol–water partition coefficient (Wildman–Crippen LogP) is 1.75. The zero-order valence-electron chi connectivity index (χ0n) is 11.1. The molecule has 0 radical (unpaired) electrons. The van der Waals surface area contributed by atoms with Gasteiger partial charge in [0.05, 0.1) is 5.56 Å². The van der Waals surface area contributed by atoms with E-state index in [2.05, 4.69) is 9.97 Å². The number of aromatic nitrogens is 2. The lowest BCUT2D eigenvalue weighted by atomic mass is 10.0. The van der Waals surface area contributed by atoms with Gasteiger partial charge in [0.2, 0.25) is 0 Å². The van der Waals surface area contributed by atoms with Gasteiger partial charge in [-0.15, -0.1) is 0 Å². The van der Waals surface area contributed by atoms with Crippen LogP contribution in [0.15, 0.2) is 4.79 Å². The van der Waals surface area contributed by atoms with Crippen LogP contribution < -0.4 is 11.3 Å². The van der Waals surface area contributed by atoms with E-state index in [1.165, 1.54) is 0 Å². The third kappa shape index (κ3) is 2.49. The standard InChI is InChI=1S/C12H21N3O2/c1-6-12(4,17-5)11-14-9(13)8(7(2)3)10(16)15-11/h7H,6H2,1-5H3,(H3,13,14,15,16). The van der Waals surface area contributed by atoms with E-state index in [4.69, 9.17) is 10.5 Å². The summed E-state index contributed by atoms with van der Waals surface area (Å²) >= 11 is 0. The maximum Gasteiger partial charge on any atom is 0.256 e. The molecule has 3 N–H and O–H groups in total. The average molecular weight is 239 g/mol. The van der Waals surface area contributed by atoms with Gasteiger partial charge in [0.25, 0.3) is 5.56 Å². The van der Waals surface area contributed by atoms with Crippen LogP contribution in [-0.4, -0.2) is 17.1 Å². The van der Waals surface area contributed by atoms with E-state index in [1.54, 1.807) is 7.11 Å². The summed E-state index contributed by atoms with van der Waals surface area (Å²) in [6.07, 6.45) is 0.701.